The van der Waals surface area contributed by atoms with Gasteiger partial charge in [0.25, 0.3) is 0 Å². The summed E-state index contributed by atoms with van der Waals surface area (Å²) in [5.41, 5.74) is 6.25. The molecule has 0 unspecified atom stereocenters. The Bertz CT molecular complexity index is 534. The van der Waals surface area contributed by atoms with E-state index in [0.29, 0.717) is 10.8 Å². The van der Waals surface area contributed by atoms with E-state index in [-0.39, 0.29) is 12.3 Å². The SMILES string of the molecule is Nc1ccc(OCc2ccncc2Cl)cc1F. The number of nitrogens with two attached hydrogens (primary N) is 1. The van der Waals surface area contributed by atoms with Gasteiger partial charge in [0.2, 0.25) is 0 Å². The van der Waals surface area contributed by atoms with E-state index in [0.717, 1.165) is 5.56 Å². The molecule has 0 atom stereocenters. The summed E-state index contributed by atoms with van der Waals surface area (Å²) in [6.45, 7) is 0.255. The van der Waals surface area contributed by atoms with Crippen molar-refractivity contribution in [2.75, 3.05) is 5.73 Å². The Balaban J connectivity index is 2.08. The van der Waals surface area contributed by atoms with Crippen LogP contribution in [-0.2, 0) is 6.61 Å². The van der Waals surface area contributed by atoms with Gasteiger partial charge in [-0.05, 0) is 18.2 Å². The average Bonchev–Trinajstić information content (AvgIpc) is 2.32. The number of hydrogen-bond donors (Lipinski definition) is 1. The van der Waals surface area contributed by atoms with Gasteiger partial charge in [0.15, 0.2) is 0 Å². The van der Waals surface area contributed by atoms with Crippen molar-refractivity contribution in [3.8, 4) is 5.75 Å². The molecule has 2 rings (SSSR count). The molecule has 0 radical (unpaired) electrons. The van der Waals surface area contributed by atoms with Gasteiger partial charge in [0.05, 0.1) is 10.7 Å². The Labute approximate surface area is 103 Å². The fourth-order valence-corrected chi connectivity index (χ4v) is 1.45. The number of nitrogens with zero attached hydrogens (tertiary/aromatic N) is 1. The number of halogens is 2. The zero-order valence-corrected chi connectivity index (χ0v) is 9.62. The number of pyridine rings is 1. The monoisotopic (exact) mass is 252 g/mol. The third-order valence-corrected chi connectivity index (χ3v) is 2.56. The molecule has 1 aromatic carbocycles. The fourth-order valence-electron chi connectivity index (χ4n) is 1.28. The van der Waals surface area contributed by atoms with Gasteiger partial charge in [-0.25, -0.2) is 4.39 Å². The van der Waals surface area contributed by atoms with Crippen LogP contribution in [0.25, 0.3) is 0 Å². The molecule has 1 aromatic heterocycles. The van der Waals surface area contributed by atoms with Crippen molar-refractivity contribution in [1.82, 2.24) is 4.98 Å². The molecule has 17 heavy (non-hydrogen) atoms. The number of benzene rings is 1. The van der Waals surface area contributed by atoms with Gasteiger partial charge in [0, 0.05) is 24.0 Å². The molecule has 0 bridgehead atoms. The molecule has 0 spiro atoms. The molecule has 2 aromatic rings. The lowest BCUT2D eigenvalue weighted by atomic mass is 10.3. The second-order valence-electron chi connectivity index (χ2n) is 3.44. The van der Waals surface area contributed by atoms with Gasteiger partial charge in [-0.2, -0.15) is 0 Å². The van der Waals surface area contributed by atoms with Crippen LogP contribution in [0.3, 0.4) is 0 Å². The molecule has 0 aliphatic rings. The van der Waals surface area contributed by atoms with Crippen LogP contribution in [0.1, 0.15) is 5.56 Å². The molecule has 0 aliphatic carbocycles. The van der Waals surface area contributed by atoms with E-state index in [1.165, 1.54) is 18.3 Å². The van der Waals surface area contributed by atoms with Crippen LogP contribution in [0.2, 0.25) is 5.02 Å². The summed E-state index contributed by atoms with van der Waals surface area (Å²) >= 11 is 5.91. The van der Waals surface area contributed by atoms with Gasteiger partial charge in [-0.3, -0.25) is 4.98 Å². The lowest BCUT2D eigenvalue weighted by Gasteiger charge is -2.08. The number of anilines is 1. The quantitative estimate of drug-likeness (QED) is 0.854. The topological polar surface area (TPSA) is 48.1 Å². The van der Waals surface area contributed by atoms with E-state index in [1.807, 2.05) is 0 Å². The van der Waals surface area contributed by atoms with E-state index in [4.69, 9.17) is 22.1 Å². The summed E-state index contributed by atoms with van der Waals surface area (Å²) in [5, 5.41) is 0.517. The number of ether oxygens (including phenoxy) is 1. The average molecular weight is 253 g/mol. The normalized spacial score (nSPS) is 10.2. The standard InChI is InChI=1S/C12H10ClFN2O/c13-10-6-16-4-3-8(10)7-17-9-1-2-12(15)11(14)5-9/h1-6H,7,15H2. The highest BCUT2D eigenvalue weighted by atomic mass is 35.5. The van der Waals surface area contributed by atoms with Crippen LogP contribution >= 0.6 is 11.6 Å². The second kappa shape index (κ2) is 5.01. The Kier molecular flexibility index (Phi) is 3.44. The first kappa shape index (κ1) is 11.7. The van der Waals surface area contributed by atoms with Crippen molar-refractivity contribution >= 4 is 17.3 Å². The Morgan fingerprint density at radius 3 is 2.88 bits per heavy atom. The Morgan fingerprint density at radius 2 is 2.18 bits per heavy atom. The largest absolute Gasteiger partial charge is 0.489 e. The minimum Gasteiger partial charge on any atom is -0.489 e. The smallest absolute Gasteiger partial charge is 0.149 e. The summed E-state index contributed by atoms with van der Waals surface area (Å²) < 4.78 is 18.5. The van der Waals surface area contributed by atoms with Gasteiger partial charge in [-0.15, -0.1) is 0 Å². The molecule has 0 saturated carbocycles. The maximum absolute atomic E-state index is 13.1. The molecule has 0 fully saturated rings. The van der Waals surface area contributed by atoms with E-state index >= 15 is 0 Å². The lowest BCUT2D eigenvalue weighted by Crippen LogP contribution is -1.98. The van der Waals surface area contributed by atoms with Crippen LogP contribution in [-0.4, -0.2) is 4.98 Å². The van der Waals surface area contributed by atoms with Crippen LogP contribution in [0.4, 0.5) is 10.1 Å². The molecule has 3 nitrogen and oxygen atoms in total. The van der Waals surface area contributed by atoms with Crippen molar-refractivity contribution in [2.45, 2.75) is 6.61 Å². The summed E-state index contributed by atoms with van der Waals surface area (Å²) in [5.74, 6) is -0.0899. The van der Waals surface area contributed by atoms with E-state index in [1.54, 1.807) is 18.3 Å². The number of aromatic nitrogens is 1. The van der Waals surface area contributed by atoms with Gasteiger partial charge in [-0.1, -0.05) is 11.6 Å². The molecule has 0 amide bonds. The Morgan fingerprint density at radius 1 is 1.35 bits per heavy atom. The van der Waals surface area contributed by atoms with Crippen LogP contribution in [0.15, 0.2) is 36.7 Å². The third-order valence-electron chi connectivity index (χ3n) is 2.22. The first-order valence-corrected chi connectivity index (χ1v) is 5.31. The predicted octanol–water partition coefficient (Wildman–Crippen LogP) is 3.04. The minimum atomic E-state index is -0.497. The highest BCUT2D eigenvalue weighted by Gasteiger charge is 2.03. The molecule has 1 heterocycles. The minimum absolute atomic E-state index is 0.0966. The number of rotatable bonds is 3. The zero-order valence-electron chi connectivity index (χ0n) is 8.86. The molecule has 0 aliphatic heterocycles. The van der Waals surface area contributed by atoms with Crippen molar-refractivity contribution in [1.29, 1.82) is 0 Å². The number of hydrogen-bond acceptors (Lipinski definition) is 3. The summed E-state index contributed by atoms with van der Waals surface area (Å²) in [6, 6.07) is 6.05. The first-order valence-electron chi connectivity index (χ1n) is 4.93. The molecular formula is C12H10ClFN2O. The van der Waals surface area contributed by atoms with E-state index < -0.39 is 5.82 Å². The van der Waals surface area contributed by atoms with Crippen molar-refractivity contribution < 1.29 is 9.13 Å². The molecule has 2 N–H and O–H groups in total. The highest BCUT2D eigenvalue weighted by molar-refractivity contribution is 6.31. The molecule has 5 heteroatoms. The molecular weight excluding hydrogens is 243 g/mol. The maximum atomic E-state index is 13.1. The highest BCUT2D eigenvalue weighted by Crippen LogP contribution is 2.20. The zero-order chi connectivity index (χ0) is 12.3. The maximum Gasteiger partial charge on any atom is 0.149 e. The van der Waals surface area contributed by atoms with Crippen LogP contribution in [0.5, 0.6) is 5.75 Å². The second-order valence-corrected chi connectivity index (χ2v) is 3.85. The van der Waals surface area contributed by atoms with Gasteiger partial charge in [0.1, 0.15) is 18.2 Å². The van der Waals surface area contributed by atoms with E-state index in [9.17, 15) is 4.39 Å². The van der Waals surface area contributed by atoms with Crippen molar-refractivity contribution in [2.24, 2.45) is 0 Å². The summed E-state index contributed by atoms with van der Waals surface area (Å²) in [7, 11) is 0. The Hall–Kier alpha value is -1.81. The molecule has 88 valence electrons. The number of nitrogen functional groups attached to an aromatic ring is 1. The third kappa shape index (κ3) is 2.85. The lowest BCUT2D eigenvalue weighted by molar-refractivity contribution is 0.304. The summed E-state index contributed by atoms with van der Waals surface area (Å²) in [4.78, 5) is 3.86. The van der Waals surface area contributed by atoms with Gasteiger partial charge >= 0.3 is 0 Å². The van der Waals surface area contributed by atoms with Crippen molar-refractivity contribution in [3.63, 3.8) is 0 Å². The van der Waals surface area contributed by atoms with Gasteiger partial charge < -0.3 is 10.5 Å². The molecule has 0 saturated heterocycles. The van der Waals surface area contributed by atoms with Crippen LogP contribution in [0, 0.1) is 5.82 Å². The fraction of sp³-hybridized carbons (Fsp3) is 0.0833. The summed E-state index contributed by atoms with van der Waals surface area (Å²) in [6.07, 6.45) is 3.15. The van der Waals surface area contributed by atoms with E-state index in [2.05, 4.69) is 4.98 Å². The van der Waals surface area contributed by atoms with Crippen LogP contribution < -0.4 is 10.5 Å². The van der Waals surface area contributed by atoms with Crippen molar-refractivity contribution in [3.05, 3.63) is 53.1 Å². The first-order chi connectivity index (χ1) is 8.16. The predicted molar refractivity (Wildman–Crippen MR) is 64.4 cm³/mol.